The van der Waals surface area contributed by atoms with Crippen molar-refractivity contribution in [2.45, 2.75) is 44.3 Å². The molecule has 136 valence electrons. The SMILES string of the molecule is CCn1c(SCc2ccccc2C)nnc1C(C)Oc1ccc(Br)cc1. The Balaban J connectivity index is 1.72. The second-order valence-corrected chi connectivity index (χ2v) is 7.87. The first-order valence-electron chi connectivity index (χ1n) is 8.61. The summed E-state index contributed by atoms with van der Waals surface area (Å²) in [6.07, 6.45) is -0.170. The zero-order chi connectivity index (χ0) is 18.5. The van der Waals surface area contributed by atoms with Crippen LogP contribution in [0.5, 0.6) is 5.75 Å². The molecular weight excluding hydrogens is 410 g/mol. The lowest BCUT2D eigenvalue weighted by molar-refractivity contribution is 0.210. The van der Waals surface area contributed by atoms with Gasteiger partial charge < -0.3 is 9.30 Å². The molecule has 3 aromatic rings. The average molecular weight is 432 g/mol. The molecule has 3 rings (SSSR count). The quantitative estimate of drug-likeness (QED) is 0.443. The van der Waals surface area contributed by atoms with Crippen LogP contribution in [0.2, 0.25) is 0 Å². The molecule has 0 aliphatic carbocycles. The standard InChI is InChI=1S/C20H22BrN3OS/c1-4-24-19(15(3)25-18-11-9-17(21)10-12-18)22-23-20(24)26-13-16-8-6-5-7-14(16)2/h5-12,15H,4,13H2,1-3H3. The number of benzene rings is 2. The molecule has 0 radical (unpaired) electrons. The fourth-order valence-electron chi connectivity index (χ4n) is 2.69. The fourth-order valence-corrected chi connectivity index (χ4v) is 4.04. The molecule has 6 heteroatoms. The van der Waals surface area contributed by atoms with Crippen LogP contribution in [0.15, 0.2) is 58.2 Å². The number of hydrogen-bond donors (Lipinski definition) is 0. The zero-order valence-corrected chi connectivity index (χ0v) is 17.5. The maximum Gasteiger partial charge on any atom is 0.191 e. The predicted octanol–water partition coefficient (Wildman–Crippen LogP) is 5.80. The van der Waals surface area contributed by atoms with Crippen LogP contribution in [-0.2, 0) is 12.3 Å². The van der Waals surface area contributed by atoms with Gasteiger partial charge in [-0.05, 0) is 56.2 Å². The summed E-state index contributed by atoms with van der Waals surface area (Å²) in [4.78, 5) is 0. The number of nitrogens with zero attached hydrogens (tertiary/aromatic N) is 3. The monoisotopic (exact) mass is 431 g/mol. The van der Waals surface area contributed by atoms with Gasteiger partial charge in [-0.2, -0.15) is 0 Å². The van der Waals surface area contributed by atoms with Gasteiger partial charge >= 0.3 is 0 Å². The Kier molecular flexibility index (Phi) is 6.38. The lowest BCUT2D eigenvalue weighted by Gasteiger charge is -2.15. The molecule has 0 aliphatic heterocycles. The Bertz CT molecular complexity index is 864. The molecule has 26 heavy (non-hydrogen) atoms. The van der Waals surface area contributed by atoms with Crippen LogP contribution in [0.3, 0.4) is 0 Å². The Morgan fingerprint density at radius 3 is 2.54 bits per heavy atom. The molecule has 0 saturated carbocycles. The molecule has 0 amide bonds. The molecule has 0 N–H and O–H groups in total. The first-order valence-corrected chi connectivity index (χ1v) is 10.4. The van der Waals surface area contributed by atoms with Crippen molar-refractivity contribution in [3.8, 4) is 5.75 Å². The highest BCUT2D eigenvalue weighted by Crippen LogP contribution is 2.27. The number of hydrogen-bond acceptors (Lipinski definition) is 4. The first kappa shape index (κ1) is 19.0. The van der Waals surface area contributed by atoms with Crippen molar-refractivity contribution >= 4 is 27.7 Å². The van der Waals surface area contributed by atoms with Crippen molar-refractivity contribution in [2.75, 3.05) is 0 Å². The van der Waals surface area contributed by atoms with Crippen LogP contribution in [0, 0.1) is 6.92 Å². The highest BCUT2D eigenvalue weighted by atomic mass is 79.9. The van der Waals surface area contributed by atoms with Gasteiger partial charge in [-0.1, -0.05) is 52.0 Å². The first-order chi connectivity index (χ1) is 12.6. The molecule has 2 aromatic carbocycles. The summed E-state index contributed by atoms with van der Waals surface area (Å²) in [5, 5.41) is 9.72. The third-order valence-electron chi connectivity index (χ3n) is 4.17. The van der Waals surface area contributed by atoms with E-state index in [-0.39, 0.29) is 6.10 Å². The van der Waals surface area contributed by atoms with E-state index in [1.807, 2.05) is 31.2 Å². The topological polar surface area (TPSA) is 39.9 Å². The third kappa shape index (κ3) is 4.48. The smallest absolute Gasteiger partial charge is 0.191 e. The number of thioether (sulfide) groups is 1. The number of halogens is 1. The van der Waals surface area contributed by atoms with Gasteiger partial charge in [0, 0.05) is 16.8 Å². The van der Waals surface area contributed by atoms with Crippen LogP contribution in [0.4, 0.5) is 0 Å². The Morgan fingerprint density at radius 1 is 1.12 bits per heavy atom. The number of rotatable bonds is 7. The summed E-state index contributed by atoms with van der Waals surface area (Å²) in [6.45, 7) is 7.07. The molecule has 0 saturated heterocycles. The highest BCUT2D eigenvalue weighted by molar-refractivity contribution is 9.10. The minimum absolute atomic E-state index is 0.170. The maximum atomic E-state index is 6.04. The Hall–Kier alpha value is -1.79. The number of aryl methyl sites for hydroxylation is 1. The van der Waals surface area contributed by atoms with Gasteiger partial charge in [0.25, 0.3) is 0 Å². The van der Waals surface area contributed by atoms with E-state index in [2.05, 4.69) is 68.8 Å². The van der Waals surface area contributed by atoms with Crippen LogP contribution < -0.4 is 4.74 Å². The van der Waals surface area contributed by atoms with Crippen molar-refractivity contribution in [3.63, 3.8) is 0 Å². The van der Waals surface area contributed by atoms with Crippen molar-refractivity contribution in [2.24, 2.45) is 0 Å². The van der Waals surface area contributed by atoms with Gasteiger partial charge in [0.15, 0.2) is 17.1 Å². The fraction of sp³-hybridized carbons (Fsp3) is 0.300. The van der Waals surface area contributed by atoms with Gasteiger partial charge in [-0.3, -0.25) is 0 Å². The van der Waals surface area contributed by atoms with Gasteiger partial charge in [0.2, 0.25) is 0 Å². The van der Waals surface area contributed by atoms with E-state index in [0.29, 0.717) is 0 Å². The van der Waals surface area contributed by atoms with Gasteiger partial charge in [0.1, 0.15) is 5.75 Å². The van der Waals surface area contributed by atoms with Crippen LogP contribution in [0.1, 0.15) is 36.9 Å². The minimum atomic E-state index is -0.170. The highest BCUT2D eigenvalue weighted by Gasteiger charge is 2.19. The minimum Gasteiger partial charge on any atom is -0.483 e. The van der Waals surface area contributed by atoms with E-state index in [1.165, 1.54) is 11.1 Å². The van der Waals surface area contributed by atoms with E-state index < -0.39 is 0 Å². The summed E-state index contributed by atoms with van der Waals surface area (Å²) in [7, 11) is 0. The van der Waals surface area contributed by atoms with E-state index in [1.54, 1.807) is 11.8 Å². The van der Waals surface area contributed by atoms with E-state index in [9.17, 15) is 0 Å². The molecule has 0 fully saturated rings. The summed E-state index contributed by atoms with van der Waals surface area (Å²) in [5.74, 6) is 2.55. The van der Waals surface area contributed by atoms with Gasteiger partial charge in [0.05, 0.1) is 0 Å². The molecule has 0 aliphatic rings. The lowest BCUT2D eigenvalue weighted by Crippen LogP contribution is -2.12. The molecular formula is C20H22BrN3OS. The summed E-state index contributed by atoms with van der Waals surface area (Å²) < 4.78 is 9.20. The number of aromatic nitrogens is 3. The van der Waals surface area contributed by atoms with Crippen molar-refractivity contribution in [1.82, 2.24) is 14.8 Å². The molecule has 1 heterocycles. The van der Waals surface area contributed by atoms with Gasteiger partial charge in [-0.25, -0.2) is 0 Å². The Morgan fingerprint density at radius 2 is 1.85 bits per heavy atom. The number of ether oxygens (including phenoxy) is 1. The zero-order valence-electron chi connectivity index (χ0n) is 15.1. The van der Waals surface area contributed by atoms with Crippen molar-refractivity contribution in [1.29, 1.82) is 0 Å². The molecule has 1 atom stereocenters. The lowest BCUT2D eigenvalue weighted by atomic mass is 10.1. The summed E-state index contributed by atoms with van der Waals surface area (Å²) in [5.41, 5.74) is 2.62. The second-order valence-electron chi connectivity index (χ2n) is 6.01. The third-order valence-corrected chi connectivity index (χ3v) is 5.71. The van der Waals surface area contributed by atoms with Crippen molar-refractivity contribution in [3.05, 3.63) is 70.0 Å². The van der Waals surface area contributed by atoms with Crippen molar-refractivity contribution < 1.29 is 4.74 Å². The van der Waals surface area contributed by atoms with E-state index in [4.69, 9.17) is 4.74 Å². The second kappa shape index (κ2) is 8.73. The molecule has 0 bridgehead atoms. The molecule has 1 unspecified atom stereocenters. The Labute approximate surface area is 167 Å². The average Bonchev–Trinajstić information content (AvgIpc) is 3.06. The molecule has 1 aromatic heterocycles. The van der Waals surface area contributed by atoms with Crippen LogP contribution in [0.25, 0.3) is 0 Å². The van der Waals surface area contributed by atoms with Gasteiger partial charge in [-0.15, -0.1) is 10.2 Å². The van der Waals surface area contributed by atoms with Crippen LogP contribution in [-0.4, -0.2) is 14.8 Å². The van der Waals surface area contributed by atoms with E-state index in [0.717, 1.165) is 33.5 Å². The molecule has 0 spiro atoms. The van der Waals surface area contributed by atoms with Crippen LogP contribution >= 0.6 is 27.7 Å². The normalized spacial score (nSPS) is 12.2. The summed E-state index contributed by atoms with van der Waals surface area (Å²) >= 11 is 5.15. The largest absolute Gasteiger partial charge is 0.483 e. The maximum absolute atomic E-state index is 6.04. The predicted molar refractivity (Wildman–Crippen MR) is 110 cm³/mol. The summed E-state index contributed by atoms with van der Waals surface area (Å²) in [6, 6.07) is 16.3. The van der Waals surface area contributed by atoms with E-state index >= 15 is 0 Å². The molecule has 4 nitrogen and oxygen atoms in total.